The molecule has 5 heteroatoms. The van der Waals surface area contributed by atoms with Crippen LogP contribution in [0.4, 0.5) is 5.69 Å². The average Bonchev–Trinajstić information content (AvgIpc) is 3.14. The predicted octanol–water partition coefficient (Wildman–Crippen LogP) is 3.53. The minimum absolute atomic E-state index is 0.0536. The Bertz CT molecular complexity index is 725. The third-order valence-corrected chi connectivity index (χ3v) is 4.60. The summed E-state index contributed by atoms with van der Waals surface area (Å²) in [7, 11) is 0. The number of carbonyl (C=O) groups excluding carboxylic acids is 2. The lowest BCUT2D eigenvalue weighted by atomic mass is 10.0. The molecule has 1 heterocycles. The fraction of sp³-hybridized carbons (Fsp3) is 0.350. The van der Waals surface area contributed by atoms with E-state index < -0.39 is 0 Å². The fourth-order valence-corrected chi connectivity index (χ4v) is 3.25. The molecule has 0 saturated heterocycles. The molecule has 2 N–H and O–H groups in total. The maximum absolute atomic E-state index is 12.3. The zero-order valence-corrected chi connectivity index (χ0v) is 14.2. The summed E-state index contributed by atoms with van der Waals surface area (Å²) >= 11 is 0. The minimum Gasteiger partial charge on any atom is -0.348 e. The molecule has 1 aliphatic rings. The SMILES string of the molecule is O=C(CC1CCCC1)Nc1ccccc1CNC(=O)c1cccnc1. The summed E-state index contributed by atoms with van der Waals surface area (Å²) in [6.07, 6.45) is 8.50. The molecule has 1 aromatic carbocycles. The molecular formula is C20H23N3O2. The summed E-state index contributed by atoms with van der Waals surface area (Å²) in [5, 5.41) is 5.87. The summed E-state index contributed by atoms with van der Waals surface area (Å²) in [5.74, 6) is 0.385. The molecule has 2 amide bonds. The molecule has 1 saturated carbocycles. The number of anilines is 1. The Morgan fingerprint density at radius 2 is 1.88 bits per heavy atom. The number of nitrogens with zero attached hydrogens (tertiary/aromatic N) is 1. The van der Waals surface area contributed by atoms with Gasteiger partial charge in [-0.3, -0.25) is 14.6 Å². The highest BCUT2D eigenvalue weighted by Crippen LogP contribution is 2.28. The topological polar surface area (TPSA) is 71.1 Å². The minimum atomic E-state index is -0.180. The molecule has 130 valence electrons. The van der Waals surface area contributed by atoms with E-state index in [1.54, 1.807) is 18.3 Å². The van der Waals surface area contributed by atoms with E-state index in [0.29, 0.717) is 24.4 Å². The third kappa shape index (κ3) is 4.89. The molecule has 1 fully saturated rings. The van der Waals surface area contributed by atoms with E-state index in [9.17, 15) is 9.59 Å². The number of rotatable bonds is 6. The Labute approximate surface area is 147 Å². The van der Waals surface area contributed by atoms with Crippen LogP contribution in [-0.2, 0) is 11.3 Å². The molecule has 0 aliphatic heterocycles. The van der Waals surface area contributed by atoms with Crippen LogP contribution in [0.2, 0.25) is 0 Å². The van der Waals surface area contributed by atoms with Crippen LogP contribution in [0.1, 0.15) is 48.0 Å². The standard InChI is InChI=1S/C20H23N3O2/c24-19(12-15-6-1-2-7-15)23-18-10-4-3-8-16(18)14-22-20(25)17-9-5-11-21-13-17/h3-5,8-11,13,15H,1-2,6-7,12,14H2,(H,22,25)(H,23,24). The van der Waals surface area contributed by atoms with Gasteiger partial charge in [0.1, 0.15) is 0 Å². The number of pyridine rings is 1. The van der Waals surface area contributed by atoms with Crippen molar-refractivity contribution in [1.82, 2.24) is 10.3 Å². The van der Waals surface area contributed by atoms with Gasteiger partial charge in [0, 0.05) is 31.0 Å². The van der Waals surface area contributed by atoms with Crippen molar-refractivity contribution < 1.29 is 9.59 Å². The number of hydrogen-bond acceptors (Lipinski definition) is 3. The Morgan fingerprint density at radius 3 is 2.64 bits per heavy atom. The highest BCUT2D eigenvalue weighted by atomic mass is 16.2. The van der Waals surface area contributed by atoms with E-state index in [1.807, 2.05) is 24.3 Å². The number of amides is 2. The van der Waals surface area contributed by atoms with Crippen molar-refractivity contribution in [2.24, 2.45) is 5.92 Å². The smallest absolute Gasteiger partial charge is 0.253 e. The third-order valence-electron chi connectivity index (χ3n) is 4.60. The number of hydrogen-bond donors (Lipinski definition) is 2. The molecule has 2 aromatic rings. The summed E-state index contributed by atoms with van der Waals surface area (Å²) in [4.78, 5) is 28.4. The molecule has 5 nitrogen and oxygen atoms in total. The first-order chi connectivity index (χ1) is 12.2. The van der Waals surface area contributed by atoms with Crippen molar-refractivity contribution >= 4 is 17.5 Å². The van der Waals surface area contributed by atoms with Gasteiger partial charge in [0.05, 0.1) is 5.56 Å². The van der Waals surface area contributed by atoms with Gasteiger partial charge in [0.25, 0.3) is 5.91 Å². The summed E-state index contributed by atoms with van der Waals surface area (Å²) in [6, 6.07) is 11.0. The Kier molecular flexibility index (Phi) is 5.77. The lowest BCUT2D eigenvalue weighted by molar-refractivity contribution is -0.117. The Hall–Kier alpha value is -2.69. The summed E-state index contributed by atoms with van der Waals surface area (Å²) in [5.41, 5.74) is 2.17. The van der Waals surface area contributed by atoms with Crippen LogP contribution in [0, 0.1) is 5.92 Å². The average molecular weight is 337 g/mol. The maximum atomic E-state index is 12.3. The highest BCUT2D eigenvalue weighted by Gasteiger charge is 2.19. The quantitative estimate of drug-likeness (QED) is 0.847. The fourth-order valence-electron chi connectivity index (χ4n) is 3.25. The molecule has 1 aliphatic carbocycles. The zero-order valence-electron chi connectivity index (χ0n) is 14.2. The first kappa shape index (κ1) is 17.1. The lowest BCUT2D eigenvalue weighted by Crippen LogP contribution is -2.24. The van der Waals surface area contributed by atoms with Crippen LogP contribution in [-0.4, -0.2) is 16.8 Å². The van der Waals surface area contributed by atoms with Crippen molar-refractivity contribution in [3.05, 3.63) is 59.9 Å². The number of carbonyl (C=O) groups is 2. The van der Waals surface area contributed by atoms with Gasteiger partial charge in [0.2, 0.25) is 5.91 Å². The monoisotopic (exact) mass is 337 g/mol. The zero-order chi connectivity index (χ0) is 17.5. The van der Waals surface area contributed by atoms with Gasteiger partial charge < -0.3 is 10.6 Å². The van der Waals surface area contributed by atoms with Gasteiger partial charge in [-0.15, -0.1) is 0 Å². The Balaban J connectivity index is 1.58. The van der Waals surface area contributed by atoms with Crippen LogP contribution < -0.4 is 10.6 Å². The number of benzene rings is 1. The summed E-state index contributed by atoms with van der Waals surface area (Å²) in [6.45, 7) is 0.355. The van der Waals surface area contributed by atoms with E-state index in [-0.39, 0.29) is 11.8 Å². The van der Waals surface area contributed by atoms with E-state index in [1.165, 1.54) is 19.0 Å². The normalized spacial score (nSPS) is 14.2. The summed E-state index contributed by atoms with van der Waals surface area (Å²) < 4.78 is 0. The van der Waals surface area contributed by atoms with Gasteiger partial charge in [0.15, 0.2) is 0 Å². The van der Waals surface area contributed by atoms with Crippen LogP contribution in [0.15, 0.2) is 48.8 Å². The number of nitrogens with one attached hydrogen (secondary N) is 2. The van der Waals surface area contributed by atoms with Crippen LogP contribution >= 0.6 is 0 Å². The van der Waals surface area contributed by atoms with Gasteiger partial charge in [-0.1, -0.05) is 31.0 Å². The molecular weight excluding hydrogens is 314 g/mol. The van der Waals surface area contributed by atoms with Crippen molar-refractivity contribution in [2.45, 2.75) is 38.6 Å². The first-order valence-electron chi connectivity index (χ1n) is 8.78. The maximum Gasteiger partial charge on any atom is 0.253 e. The van der Waals surface area contributed by atoms with E-state index in [4.69, 9.17) is 0 Å². The van der Waals surface area contributed by atoms with Crippen molar-refractivity contribution in [3.63, 3.8) is 0 Å². The van der Waals surface area contributed by atoms with Crippen LogP contribution in [0.3, 0.4) is 0 Å². The predicted molar refractivity (Wildman–Crippen MR) is 97.1 cm³/mol. The Morgan fingerprint density at radius 1 is 1.08 bits per heavy atom. The number of para-hydroxylation sites is 1. The van der Waals surface area contributed by atoms with Crippen molar-refractivity contribution in [2.75, 3.05) is 5.32 Å². The largest absolute Gasteiger partial charge is 0.348 e. The van der Waals surface area contributed by atoms with Gasteiger partial charge >= 0.3 is 0 Å². The molecule has 0 spiro atoms. The second kappa shape index (κ2) is 8.42. The van der Waals surface area contributed by atoms with Crippen molar-refractivity contribution in [3.8, 4) is 0 Å². The van der Waals surface area contributed by atoms with Gasteiger partial charge in [-0.2, -0.15) is 0 Å². The van der Waals surface area contributed by atoms with Gasteiger partial charge in [-0.05, 0) is 42.5 Å². The van der Waals surface area contributed by atoms with E-state index >= 15 is 0 Å². The van der Waals surface area contributed by atoms with Crippen LogP contribution in [0.25, 0.3) is 0 Å². The van der Waals surface area contributed by atoms with Crippen molar-refractivity contribution in [1.29, 1.82) is 0 Å². The lowest BCUT2D eigenvalue weighted by Gasteiger charge is -2.13. The second-order valence-corrected chi connectivity index (χ2v) is 6.48. The molecule has 3 rings (SSSR count). The van der Waals surface area contributed by atoms with Gasteiger partial charge in [-0.25, -0.2) is 0 Å². The number of aromatic nitrogens is 1. The molecule has 0 bridgehead atoms. The molecule has 0 radical (unpaired) electrons. The molecule has 0 unspecified atom stereocenters. The molecule has 25 heavy (non-hydrogen) atoms. The highest BCUT2D eigenvalue weighted by molar-refractivity contribution is 5.94. The van der Waals surface area contributed by atoms with Crippen LogP contribution in [0.5, 0.6) is 0 Å². The van der Waals surface area contributed by atoms with E-state index in [0.717, 1.165) is 24.1 Å². The molecule has 0 atom stereocenters. The molecule has 1 aromatic heterocycles. The second-order valence-electron chi connectivity index (χ2n) is 6.48. The van der Waals surface area contributed by atoms with E-state index in [2.05, 4.69) is 15.6 Å². The first-order valence-corrected chi connectivity index (χ1v) is 8.78.